The van der Waals surface area contributed by atoms with Crippen molar-refractivity contribution in [2.45, 2.75) is 25.8 Å². The van der Waals surface area contributed by atoms with Crippen molar-refractivity contribution in [2.24, 2.45) is 0 Å². The van der Waals surface area contributed by atoms with Gasteiger partial charge in [-0.1, -0.05) is 0 Å². The molecule has 0 saturated carbocycles. The van der Waals surface area contributed by atoms with Crippen molar-refractivity contribution < 1.29 is 0 Å². The summed E-state index contributed by atoms with van der Waals surface area (Å²) < 4.78 is 2.08. The van der Waals surface area contributed by atoms with Crippen LogP contribution >= 0.6 is 0 Å². The molecule has 0 aliphatic carbocycles. The van der Waals surface area contributed by atoms with Crippen LogP contribution in [0.4, 0.5) is 0 Å². The van der Waals surface area contributed by atoms with E-state index in [0.29, 0.717) is 6.04 Å². The number of nitrogens with zero attached hydrogens (tertiary/aromatic N) is 3. The molecule has 0 aromatic carbocycles. The normalized spacial score (nSPS) is 21.3. The minimum atomic E-state index is 0.378. The Hall–Kier alpha value is -1.42. The van der Waals surface area contributed by atoms with Gasteiger partial charge in [0, 0.05) is 6.20 Å². The first kappa shape index (κ1) is 8.85. The lowest BCUT2D eigenvalue weighted by molar-refractivity contribution is 0.598. The van der Waals surface area contributed by atoms with Gasteiger partial charge >= 0.3 is 0 Å². The third kappa shape index (κ3) is 1.41. The molecule has 4 heteroatoms. The zero-order valence-corrected chi connectivity index (χ0v) is 8.77. The van der Waals surface area contributed by atoms with Crippen LogP contribution in [0.25, 0.3) is 5.65 Å². The van der Waals surface area contributed by atoms with E-state index in [9.17, 15) is 0 Å². The number of rotatable bonds is 1. The van der Waals surface area contributed by atoms with Crippen LogP contribution in [-0.2, 0) is 0 Å². The number of nitrogens with one attached hydrogen (secondary N) is 1. The number of fused-ring (bicyclic) bond motifs is 1. The molecule has 3 rings (SSSR count). The van der Waals surface area contributed by atoms with Crippen molar-refractivity contribution in [1.29, 1.82) is 0 Å². The summed E-state index contributed by atoms with van der Waals surface area (Å²) in [6, 6.07) is 4.53. The van der Waals surface area contributed by atoms with Crippen molar-refractivity contribution in [3.63, 3.8) is 0 Å². The van der Waals surface area contributed by atoms with Crippen LogP contribution in [0.3, 0.4) is 0 Å². The Morgan fingerprint density at radius 3 is 3.20 bits per heavy atom. The van der Waals surface area contributed by atoms with Crippen LogP contribution < -0.4 is 5.32 Å². The molecule has 1 N–H and O–H groups in total. The number of pyridine rings is 1. The molecule has 0 amide bonds. The number of aromatic nitrogens is 3. The molecule has 1 aliphatic rings. The Labute approximate surface area is 88.3 Å². The Morgan fingerprint density at radius 1 is 1.47 bits per heavy atom. The maximum absolute atomic E-state index is 4.27. The summed E-state index contributed by atoms with van der Waals surface area (Å²) in [5.41, 5.74) is 2.17. The van der Waals surface area contributed by atoms with Crippen LogP contribution in [0.5, 0.6) is 0 Å². The Balaban J connectivity index is 2.11. The fourth-order valence-electron chi connectivity index (χ4n) is 2.15. The van der Waals surface area contributed by atoms with Gasteiger partial charge < -0.3 is 5.32 Å². The van der Waals surface area contributed by atoms with Crippen molar-refractivity contribution in [3.8, 4) is 0 Å². The van der Waals surface area contributed by atoms with Gasteiger partial charge in [0.05, 0.1) is 6.04 Å². The Bertz CT molecular complexity index is 482. The van der Waals surface area contributed by atoms with Crippen LogP contribution in [0.2, 0.25) is 0 Å². The van der Waals surface area contributed by atoms with Crippen molar-refractivity contribution in [2.75, 3.05) is 6.54 Å². The van der Waals surface area contributed by atoms with Gasteiger partial charge in [-0.2, -0.15) is 0 Å². The molecule has 1 saturated heterocycles. The molecule has 4 nitrogen and oxygen atoms in total. The molecule has 78 valence electrons. The van der Waals surface area contributed by atoms with E-state index in [4.69, 9.17) is 0 Å². The van der Waals surface area contributed by atoms with Crippen LogP contribution in [-0.4, -0.2) is 21.1 Å². The molecule has 2 aromatic heterocycles. The molecule has 3 heterocycles. The first-order valence-electron chi connectivity index (χ1n) is 5.39. The van der Waals surface area contributed by atoms with E-state index in [1.165, 1.54) is 12.0 Å². The zero-order valence-electron chi connectivity index (χ0n) is 8.77. The second-order valence-corrected chi connectivity index (χ2v) is 4.14. The maximum atomic E-state index is 4.27. The summed E-state index contributed by atoms with van der Waals surface area (Å²) in [4.78, 5) is 0. The number of hydrogen-bond donors (Lipinski definition) is 1. The molecular weight excluding hydrogens is 188 g/mol. The molecule has 0 spiro atoms. The average molecular weight is 202 g/mol. The molecular formula is C11H14N4. The van der Waals surface area contributed by atoms with E-state index in [2.05, 4.69) is 45.2 Å². The summed E-state index contributed by atoms with van der Waals surface area (Å²) in [7, 11) is 0. The lowest BCUT2D eigenvalue weighted by Crippen LogP contribution is -2.15. The van der Waals surface area contributed by atoms with Crippen LogP contribution in [0, 0.1) is 6.92 Å². The minimum Gasteiger partial charge on any atom is -0.307 e. The van der Waals surface area contributed by atoms with Gasteiger partial charge in [-0.15, -0.1) is 10.2 Å². The molecule has 15 heavy (non-hydrogen) atoms. The monoisotopic (exact) mass is 202 g/mol. The average Bonchev–Trinajstić information content (AvgIpc) is 2.82. The smallest absolute Gasteiger partial charge is 0.161 e. The van der Waals surface area contributed by atoms with Gasteiger partial charge in [-0.05, 0) is 44.0 Å². The van der Waals surface area contributed by atoms with E-state index in [-0.39, 0.29) is 0 Å². The van der Waals surface area contributed by atoms with E-state index in [1.807, 2.05) is 0 Å². The van der Waals surface area contributed by atoms with E-state index >= 15 is 0 Å². The fraction of sp³-hybridized carbons (Fsp3) is 0.455. The quantitative estimate of drug-likeness (QED) is 0.761. The largest absolute Gasteiger partial charge is 0.307 e. The molecule has 1 unspecified atom stereocenters. The molecule has 1 atom stereocenters. The summed E-state index contributed by atoms with van der Waals surface area (Å²) >= 11 is 0. The van der Waals surface area contributed by atoms with Crippen molar-refractivity contribution >= 4 is 5.65 Å². The van der Waals surface area contributed by atoms with Crippen molar-refractivity contribution in [3.05, 3.63) is 29.7 Å². The first-order valence-corrected chi connectivity index (χ1v) is 5.39. The predicted molar refractivity (Wildman–Crippen MR) is 57.7 cm³/mol. The van der Waals surface area contributed by atoms with Gasteiger partial charge in [-0.25, -0.2) is 0 Å². The summed E-state index contributed by atoms with van der Waals surface area (Å²) in [5, 5.41) is 11.9. The predicted octanol–water partition coefficient (Wildman–Crippen LogP) is 1.46. The maximum Gasteiger partial charge on any atom is 0.161 e. The SMILES string of the molecule is Cc1ccn2c(C3CCCN3)nnc2c1. The highest BCUT2D eigenvalue weighted by Crippen LogP contribution is 2.21. The van der Waals surface area contributed by atoms with Crippen LogP contribution in [0.1, 0.15) is 30.3 Å². The lowest BCUT2D eigenvalue weighted by atomic mass is 10.2. The molecule has 1 fully saturated rings. The molecule has 1 aliphatic heterocycles. The second kappa shape index (κ2) is 3.31. The van der Waals surface area contributed by atoms with Gasteiger partial charge in [0.2, 0.25) is 0 Å². The van der Waals surface area contributed by atoms with E-state index in [1.54, 1.807) is 0 Å². The third-order valence-corrected chi connectivity index (χ3v) is 2.96. The highest BCUT2D eigenvalue weighted by Gasteiger charge is 2.21. The standard InChI is InChI=1S/C11H14N4/c1-8-4-6-15-10(7-8)13-14-11(15)9-3-2-5-12-9/h4,6-7,9,12H,2-3,5H2,1H3. The molecule has 0 radical (unpaired) electrons. The van der Waals surface area contributed by atoms with E-state index < -0.39 is 0 Å². The highest BCUT2D eigenvalue weighted by atomic mass is 15.3. The van der Waals surface area contributed by atoms with Crippen molar-refractivity contribution in [1.82, 2.24) is 19.9 Å². The summed E-state index contributed by atoms with van der Waals surface area (Å²) in [6.07, 6.45) is 4.44. The first-order chi connectivity index (χ1) is 7.34. The number of hydrogen-bond acceptors (Lipinski definition) is 3. The molecule has 2 aromatic rings. The van der Waals surface area contributed by atoms with Gasteiger partial charge in [-0.3, -0.25) is 4.40 Å². The summed E-state index contributed by atoms with van der Waals surface area (Å²) in [5.74, 6) is 1.04. The number of aryl methyl sites for hydroxylation is 1. The topological polar surface area (TPSA) is 42.2 Å². The lowest BCUT2D eigenvalue weighted by Gasteiger charge is -2.07. The van der Waals surface area contributed by atoms with Crippen LogP contribution in [0.15, 0.2) is 18.3 Å². The highest BCUT2D eigenvalue weighted by molar-refractivity contribution is 5.41. The van der Waals surface area contributed by atoms with E-state index in [0.717, 1.165) is 24.4 Å². The minimum absolute atomic E-state index is 0.378. The second-order valence-electron chi connectivity index (χ2n) is 4.14. The fourth-order valence-corrected chi connectivity index (χ4v) is 2.15. The zero-order chi connectivity index (χ0) is 10.3. The Kier molecular flexibility index (Phi) is 1.95. The third-order valence-electron chi connectivity index (χ3n) is 2.96. The summed E-state index contributed by atoms with van der Waals surface area (Å²) in [6.45, 7) is 3.16. The Morgan fingerprint density at radius 2 is 2.40 bits per heavy atom. The van der Waals surface area contributed by atoms with Gasteiger partial charge in [0.15, 0.2) is 11.5 Å². The van der Waals surface area contributed by atoms with Gasteiger partial charge in [0.25, 0.3) is 0 Å². The van der Waals surface area contributed by atoms with Gasteiger partial charge in [0.1, 0.15) is 0 Å². The molecule has 0 bridgehead atoms.